The molecule has 0 unspecified atom stereocenters. The van der Waals surface area contributed by atoms with E-state index >= 15 is 0 Å². The summed E-state index contributed by atoms with van der Waals surface area (Å²) in [5, 5.41) is 2.37. The van der Waals surface area contributed by atoms with Gasteiger partial charge in [0.05, 0.1) is 6.61 Å². The molecule has 2 aromatic carbocycles. The van der Waals surface area contributed by atoms with Crippen molar-refractivity contribution in [3.8, 4) is 16.3 Å². The summed E-state index contributed by atoms with van der Waals surface area (Å²) in [7, 11) is 1.67. The fourth-order valence-corrected chi connectivity index (χ4v) is 3.41. The van der Waals surface area contributed by atoms with Gasteiger partial charge in [-0.1, -0.05) is 42.5 Å². The lowest BCUT2D eigenvalue weighted by Crippen LogP contribution is -2.30. The Hall–Kier alpha value is -3.19. The van der Waals surface area contributed by atoms with Crippen LogP contribution in [0.4, 0.5) is 0 Å². The maximum atomic E-state index is 12.3. The molecule has 150 valence electrons. The van der Waals surface area contributed by atoms with Gasteiger partial charge in [-0.2, -0.15) is 0 Å². The molecule has 0 atom stereocenters. The summed E-state index contributed by atoms with van der Waals surface area (Å²) in [6, 6.07) is 17.1. The number of carbonyl (C=O) groups excluding carboxylic acids is 2. The molecule has 0 radical (unpaired) electrons. The molecule has 1 amide bonds. The third-order valence-corrected chi connectivity index (χ3v) is 5.03. The summed E-state index contributed by atoms with van der Waals surface area (Å²) in [5.41, 5.74) is 2.10. The minimum absolute atomic E-state index is 0.204. The number of hydrogen-bond donors (Lipinski definition) is 0. The van der Waals surface area contributed by atoms with Crippen LogP contribution in [0.2, 0.25) is 0 Å². The van der Waals surface area contributed by atoms with Gasteiger partial charge in [0.2, 0.25) is 0 Å². The van der Waals surface area contributed by atoms with Gasteiger partial charge >= 0.3 is 5.97 Å². The number of nitrogens with zero attached hydrogens (tertiary/aromatic N) is 2. The van der Waals surface area contributed by atoms with Gasteiger partial charge in [0.15, 0.2) is 12.3 Å². The van der Waals surface area contributed by atoms with Crippen LogP contribution in [0.1, 0.15) is 23.0 Å². The number of carbonyl (C=O) groups is 2. The number of likely N-dealkylation sites (N-methyl/N-ethyl adjacent to an activating group) is 1. The summed E-state index contributed by atoms with van der Waals surface area (Å²) in [5.74, 6) is -0.103. The lowest BCUT2D eigenvalue weighted by atomic mass is 10.2. The predicted molar refractivity (Wildman–Crippen MR) is 112 cm³/mol. The van der Waals surface area contributed by atoms with E-state index in [1.54, 1.807) is 12.4 Å². The Labute approximate surface area is 173 Å². The molecular weight excluding hydrogens is 388 g/mol. The topological polar surface area (TPSA) is 68.7 Å². The molecule has 0 spiro atoms. The second kappa shape index (κ2) is 9.84. The van der Waals surface area contributed by atoms with E-state index in [-0.39, 0.29) is 18.2 Å². The second-order valence-electron chi connectivity index (χ2n) is 6.31. The van der Waals surface area contributed by atoms with Crippen molar-refractivity contribution in [1.82, 2.24) is 9.88 Å². The molecule has 0 aliphatic heterocycles. The summed E-state index contributed by atoms with van der Waals surface area (Å²) < 4.78 is 10.6. The zero-order chi connectivity index (χ0) is 20.6. The maximum Gasteiger partial charge on any atom is 0.358 e. The minimum Gasteiger partial charge on any atom is -0.494 e. The first-order valence-electron chi connectivity index (χ1n) is 9.20. The predicted octanol–water partition coefficient (Wildman–Crippen LogP) is 4.02. The van der Waals surface area contributed by atoms with Gasteiger partial charge in [-0.3, -0.25) is 4.79 Å². The zero-order valence-electron chi connectivity index (χ0n) is 16.3. The van der Waals surface area contributed by atoms with Gasteiger partial charge in [-0.15, -0.1) is 11.3 Å². The normalized spacial score (nSPS) is 10.4. The van der Waals surface area contributed by atoms with E-state index in [2.05, 4.69) is 4.98 Å². The molecule has 3 aromatic rings. The maximum absolute atomic E-state index is 12.3. The van der Waals surface area contributed by atoms with Crippen LogP contribution in [0.25, 0.3) is 10.6 Å². The van der Waals surface area contributed by atoms with Crippen LogP contribution in [0.5, 0.6) is 5.75 Å². The van der Waals surface area contributed by atoms with E-state index in [4.69, 9.17) is 9.47 Å². The van der Waals surface area contributed by atoms with Gasteiger partial charge in [-0.05, 0) is 24.6 Å². The molecule has 0 N–H and O–H groups in total. The lowest BCUT2D eigenvalue weighted by Gasteiger charge is -2.17. The molecule has 0 saturated carbocycles. The van der Waals surface area contributed by atoms with Crippen molar-refractivity contribution in [2.24, 2.45) is 0 Å². The summed E-state index contributed by atoms with van der Waals surface area (Å²) in [4.78, 5) is 30.3. The van der Waals surface area contributed by atoms with Crippen molar-refractivity contribution in [2.75, 3.05) is 20.3 Å². The molecule has 0 fully saturated rings. The summed E-state index contributed by atoms with van der Waals surface area (Å²) >= 11 is 1.36. The summed E-state index contributed by atoms with van der Waals surface area (Å²) in [6.07, 6.45) is 0. The van der Waals surface area contributed by atoms with Crippen LogP contribution in [0, 0.1) is 0 Å². The van der Waals surface area contributed by atoms with Crippen molar-refractivity contribution in [3.05, 3.63) is 71.2 Å². The van der Waals surface area contributed by atoms with E-state index in [1.807, 2.05) is 61.5 Å². The van der Waals surface area contributed by atoms with E-state index in [1.165, 1.54) is 16.2 Å². The molecule has 7 heteroatoms. The number of rotatable bonds is 8. The average Bonchev–Trinajstić information content (AvgIpc) is 3.24. The smallest absolute Gasteiger partial charge is 0.358 e. The van der Waals surface area contributed by atoms with Gasteiger partial charge in [-0.25, -0.2) is 9.78 Å². The van der Waals surface area contributed by atoms with E-state index in [9.17, 15) is 9.59 Å². The Morgan fingerprint density at radius 3 is 2.48 bits per heavy atom. The molecule has 1 aromatic heterocycles. The van der Waals surface area contributed by atoms with E-state index < -0.39 is 5.97 Å². The number of ether oxygens (including phenoxy) is 2. The Bertz CT molecular complexity index is 954. The molecular formula is C22H22N2O4S. The molecule has 1 heterocycles. The standard InChI is InChI=1S/C22H22N2O4S/c1-3-27-18-11-9-16(10-12-18)13-24(2)20(25)14-28-22(26)19-15-29-21(23-19)17-7-5-4-6-8-17/h4-12,15H,3,13-14H2,1-2H3. The Morgan fingerprint density at radius 1 is 1.07 bits per heavy atom. The van der Waals surface area contributed by atoms with Gasteiger partial charge in [0, 0.05) is 24.5 Å². The van der Waals surface area contributed by atoms with E-state index in [0.717, 1.165) is 21.9 Å². The number of esters is 1. The lowest BCUT2D eigenvalue weighted by molar-refractivity contribution is -0.133. The highest BCUT2D eigenvalue weighted by Gasteiger charge is 2.17. The Kier molecular flexibility index (Phi) is 6.97. The zero-order valence-corrected chi connectivity index (χ0v) is 17.1. The van der Waals surface area contributed by atoms with Gasteiger partial charge in [0.1, 0.15) is 10.8 Å². The second-order valence-corrected chi connectivity index (χ2v) is 7.16. The quantitative estimate of drug-likeness (QED) is 0.525. The first-order valence-corrected chi connectivity index (χ1v) is 10.1. The fourth-order valence-electron chi connectivity index (χ4n) is 2.61. The Morgan fingerprint density at radius 2 is 1.79 bits per heavy atom. The van der Waals surface area contributed by atoms with Crippen molar-refractivity contribution in [3.63, 3.8) is 0 Å². The molecule has 6 nitrogen and oxygen atoms in total. The van der Waals surface area contributed by atoms with Crippen molar-refractivity contribution >= 4 is 23.2 Å². The molecule has 0 aliphatic rings. The monoisotopic (exact) mass is 410 g/mol. The molecule has 0 aliphatic carbocycles. The van der Waals surface area contributed by atoms with Crippen molar-refractivity contribution in [2.45, 2.75) is 13.5 Å². The van der Waals surface area contributed by atoms with Gasteiger partial charge < -0.3 is 14.4 Å². The van der Waals surface area contributed by atoms with Crippen molar-refractivity contribution < 1.29 is 19.1 Å². The van der Waals surface area contributed by atoms with Crippen LogP contribution < -0.4 is 4.74 Å². The first kappa shape index (κ1) is 20.5. The molecule has 0 saturated heterocycles. The highest BCUT2D eigenvalue weighted by atomic mass is 32.1. The van der Waals surface area contributed by atoms with E-state index in [0.29, 0.717) is 13.2 Å². The highest BCUT2D eigenvalue weighted by molar-refractivity contribution is 7.13. The average molecular weight is 410 g/mol. The molecule has 3 rings (SSSR count). The van der Waals surface area contributed by atoms with Crippen LogP contribution in [-0.4, -0.2) is 42.0 Å². The Balaban J connectivity index is 1.50. The fraction of sp³-hybridized carbons (Fsp3) is 0.227. The number of benzene rings is 2. The molecule has 29 heavy (non-hydrogen) atoms. The SMILES string of the molecule is CCOc1ccc(CN(C)C(=O)COC(=O)c2csc(-c3ccccc3)n2)cc1. The van der Waals surface area contributed by atoms with Crippen LogP contribution in [0.3, 0.4) is 0 Å². The van der Waals surface area contributed by atoms with Crippen molar-refractivity contribution in [1.29, 1.82) is 0 Å². The third-order valence-electron chi connectivity index (χ3n) is 4.14. The van der Waals surface area contributed by atoms with Crippen LogP contribution in [0.15, 0.2) is 60.0 Å². The number of hydrogen-bond acceptors (Lipinski definition) is 6. The van der Waals surface area contributed by atoms with Crippen LogP contribution >= 0.6 is 11.3 Å². The third kappa shape index (κ3) is 5.65. The summed E-state index contributed by atoms with van der Waals surface area (Å²) in [6.45, 7) is 2.62. The minimum atomic E-state index is -0.605. The van der Waals surface area contributed by atoms with Gasteiger partial charge in [0.25, 0.3) is 5.91 Å². The molecule has 0 bridgehead atoms. The highest BCUT2D eigenvalue weighted by Crippen LogP contribution is 2.23. The number of amides is 1. The number of thiazole rings is 1. The largest absolute Gasteiger partial charge is 0.494 e. The number of aromatic nitrogens is 1. The first-order chi connectivity index (χ1) is 14.1. The van der Waals surface area contributed by atoms with Crippen LogP contribution in [-0.2, 0) is 16.1 Å².